The van der Waals surface area contributed by atoms with Crippen LogP contribution in [0.4, 0.5) is 4.79 Å². The third kappa shape index (κ3) is 2.17. The highest BCUT2D eigenvalue weighted by Gasteiger charge is 2.47. The largest absolute Gasteiger partial charge is 0.444 e. The van der Waals surface area contributed by atoms with Crippen molar-refractivity contribution in [3.63, 3.8) is 0 Å². The van der Waals surface area contributed by atoms with Gasteiger partial charge in [0, 0.05) is 25.7 Å². The van der Waals surface area contributed by atoms with Gasteiger partial charge < -0.3 is 15.0 Å². The van der Waals surface area contributed by atoms with E-state index in [1.54, 1.807) is 0 Å². The van der Waals surface area contributed by atoms with Crippen LogP contribution >= 0.6 is 0 Å². The fourth-order valence-corrected chi connectivity index (χ4v) is 2.34. The number of carbonyl (C=O) groups is 1. The van der Waals surface area contributed by atoms with Crippen LogP contribution in [0.5, 0.6) is 0 Å². The summed E-state index contributed by atoms with van der Waals surface area (Å²) in [6.45, 7) is 10.7. The van der Waals surface area contributed by atoms with Crippen molar-refractivity contribution < 1.29 is 9.53 Å². The number of fused-ring (bicyclic) bond motifs is 1. The third-order valence-corrected chi connectivity index (χ3v) is 3.60. The molecule has 2 fully saturated rings. The topological polar surface area (TPSA) is 41.6 Å². The smallest absolute Gasteiger partial charge is 0.410 e. The molecule has 0 saturated carbocycles. The van der Waals surface area contributed by atoms with Crippen LogP contribution in [0.25, 0.3) is 0 Å². The van der Waals surface area contributed by atoms with Gasteiger partial charge in [0.15, 0.2) is 0 Å². The first-order chi connectivity index (χ1) is 7.30. The van der Waals surface area contributed by atoms with Gasteiger partial charge in [-0.2, -0.15) is 0 Å². The lowest BCUT2D eigenvalue weighted by Gasteiger charge is -2.54. The average Bonchev–Trinajstić information content (AvgIpc) is 2.10. The molecule has 0 aromatic carbocycles. The lowest BCUT2D eigenvalue weighted by Crippen LogP contribution is -2.69. The molecule has 2 atom stereocenters. The van der Waals surface area contributed by atoms with Gasteiger partial charge in [-0.05, 0) is 32.6 Å². The van der Waals surface area contributed by atoms with Crippen molar-refractivity contribution in [3.8, 4) is 0 Å². The van der Waals surface area contributed by atoms with E-state index in [0.717, 1.165) is 26.1 Å². The van der Waals surface area contributed by atoms with Crippen molar-refractivity contribution in [1.82, 2.24) is 10.2 Å². The number of likely N-dealkylation sites (tertiary alicyclic amines) is 1. The summed E-state index contributed by atoms with van der Waals surface area (Å²) in [4.78, 5) is 13.7. The maximum absolute atomic E-state index is 11.9. The Labute approximate surface area is 97.3 Å². The molecule has 2 rings (SSSR count). The second-order valence-corrected chi connectivity index (χ2v) is 6.26. The molecule has 2 aliphatic heterocycles. The van der Waals surface area contributed by atoms with E-state index in [1.807, 2.05) is 25.7 Å². The first-order valence-electron chi connectivity index (χ1n) is 6.01. The molecular formula is C12H22N2O2. The minimum absolute atomic E-state index is 0.178. The van der Waals surface area contributed by atoms with Crippen molar-refractivity contribution in [1.29, 1.82) is 0 Å². The number of hydrogen-bond donors (Lipinski definition) is 1. The molecular weight excluding hydrogens is 204 g/mol. The van der Waals surface area contributed by atoms with Gasteiger partial charge in [-0.3, -0.25) is 0 Å². The molecule has 0 aromatic rings. The molecule has 0 bridgehead atoms. The van der Waals surface area contributed by atoms with E-state index in [-0.39, 0.29) is 6.09 Å². The average molecular weight is 226 g/mol. The van der Waals surface area contributed by atoms with Gasteiger partial charge >= 0.3 is 6.09 Å². The number of piperidine rings is 1. The molecule has 0 unspecified atom stereocenters. The van der Waals surface area contributed by atoms with Gasteiger partial charge in [-0.15, -0.1) is 0 Å². The van der Waals surface area contributed by atoms with Gasteiger partial charge in [-0.25, -0.2) is 4.79 Å². The molecule has 0 aliphatic carbocycles. The minimum Gasteiger partial charge on any atom is -0.444 e. The number of amides is 1. The van der Waals surface area contributed by atoms with Crippen LogP contribution in [0, 0.1) is 5.41 Å². The molecule has 0 spiro atoms. The van der Waals surface area contributed by atoms with Gasteiger partial charge in [0.1, 0.15) is 5.60 Å². The maximum Gasteiger partial charge on any atom is 0.410 e. The lowest BCUT2D eigenvalue weighted by atomic mass is 9.70. The van der Waals surface area contributed by atoms with Crippen molar-refractivity contribution in [2.24, 2.45) is 5.41 Å². The molecule has 4 nitrogen and oxygen atoms in total. The number of rotatable bonds is 0. The highest BCUT2D eigenvalue weighted by atomic mass is 16.6. The number of nitrogens with one attached hydrogen (secondary N) is 1. The molecule has 92 valence electrons. The van der Waals surface area contributed by atoms with E-state index in [1.165, 1.54) is 0 Å². The Kier molecular flexibility index (Phi) is 2.65. The number of hydrogen-bond acceptors (Lipinski definition) is 3. The maximum atomic E-state index is 11.9. The van der Waals surface area contributed by atoms with Gasteiger partial charge in [0.25, 0.3) is 0 Å². The van der Waals surface area contributed by atoms with Crippen LogP contribution in [0.15, 0.2) is 0 Å². The van der Waals surface area contributed by atoms with Crippen molar-refractivity contribution in [3.05, 3.63) is 0 Å². The first kappa shape index (κ1) is 11.7. The van der Waals surface area contributed by atoms with Crippen LogP contribution in [-0.4, -0.2) is 42.3 Å². The first-order valence-corrected chi connectivity index (χ1v) is 6.01. The zero-order valence-electron chi connectivity index (χ0n) is 10.7. The normalized spacial score (nSPS) is 34.0. The number of carbonyl (C=O) groups excluding carboxylic acids is 1. The Balaban J connectivity index is 1.90. The van der Waals surface area contributed by atoms with E-state index in [2.05, 4.69) is 12.2 Å². The Morgan fingerprint density at radius 3 is 2.62 bits per heavy atom. The van der Waals surface area contributed by atoms with Crippen LogP contribution in [0.3, 0.4) is 0 Å². The van der Waals surface area contributed by atoms with E-state index < -0.39 is 5.60 Å². The quantitative estimate of drug-likeness (QED) is 0.682. The third-order valence-electron chi connectivity index (χ3n) is 3.60. The molecule has 4 heteroatoms. The number of nitrogens with zero attached hydrogens (tertiary/aromatic N) is 1. The Morgan fingerprint density at radius 2 is 2.19 bits per heavy atom. The zero-order valence-corrected chi connectivity index (χ0v) is 10.7. The summed E-state index contributed by atoms with van der Waals surface area (Å²) in [6, 6.07) is 0.453. The summed E-state index contributed by atoms with van der Waals surface area (Å²) in [5.41, 5.74) is 0.00336. The molecule has 1 N–H and O–H groups in total. The molecule has 16 heavy (non-hydrogen) atoms. The highest BCUT2D eigenvalue weighted by Crippen LogP contribution is 2.37. The fourth-order valence-electron chi connectivity index (χ4n) is 2.34. The van der Waals surface area contributed by atoms with E-state index >= 15 is 0 Å². The van der Waals surface area contributed by atoms with E-state index in [0.29, 0.717) is 11.5 Å². The van der Waals surface area contributed by atoms with Crippen LogP contribution in [-0.2, 0) is 4.74 Å². The van der Waals surface area contributed by atoms with Crippen molar-refractivity contribution in [2.45, 2.75) is 45.8 Å². The molecule has 2 saturated heterocycles. The minimum atomic E-state index is -0.398. The lowest BCUT2D eigenvalue weighted by molar-refractivity contribution is -0.0197. The van der Waals surface area contributed by atoms with Crippen LogP contribution in [0.2, 0.25) is 0 Å². The molecule has 2 heterocycles. The van der Waals surface area contributed by atoms with Crippen LogP contribution < -0.4 is 5.32 Å². The SMILES string of the molecule is CC(C)(C)OC(=O)N1CC[C@@]2(C)CN[C@H]2C1. The van der Waals surface area contributed by atoms with Gasteiger partial charge in [-0.1, -0.05) is 6.92 Å². The molecule has 2 aliphatic rings. The zero-order chi connectivity index (χ0) is 12.0. The van der Waals surface area contributed by atoms with E-state index in [9.17, 15) is 4.79 Å². The van der Waals surface area contributed by atoms with Gasteiger partial charge in [0.05, 0.1) is 0 Å². The van der Waals surface area contributed by atoms with Crippen LogP contribution in [0.1, 0.15) is 34.1 Å². The summed E-state index contributed by atoms with van der Waals surface area (Å²) in [5.74, 6) is 0. The molecule has 0 radical (unpaired) electrons. The Morgan fingerprint density at radius 1 is 1.50 bits per heavy atom. The fraction of sp³-hybridized carbons (Fsp3) is 0.917. The van der Waals surface area contributed by atoms with Gasteiger partial charge in [0.2, 0.25) is 0 Å². The Bertz CT molecular complexity index is 298. The summed E-state index contributed by atoms with van der Waals surface area (Å²) in [7, 11) is 0. The van der Waals surface area contributed by atoms with E-state index in [4.69, 9.17) is 4.74 Å². The van der Waals surface area contributed by atoms with Crippen molar-refractivity contribution >= 4 is 6.09 Å². The number of ether oxygens (including phenoxy) is 1. The summed E-state index contributed by atoms with van der Waals surface area (Å²) in [6.07, 6.45) is 0.896. The summed E-state index contributed by atoms with van der Waals surface area (Å²) >= 11 is 0. The molecule has 1 amide bonds. The second-order valence-electron chi connectivity index (χ2n) is 6.26. The standard InChI is InChI=1S/C12H22N2O2/c1-11(2,3)16-10(15)14-6-5-12(4)8-13-9(12)7-14/h9,13H,5-8H2,1-4H3/t9-,12-/m0/s1. The molecule has 0 aromatic heterocycles. The summed E-state index contributed by atoms with van der Waals surface area (Å²) < 4.78 is 5.38. The monoisotopic (exact) mass is 226 g/mol. The second kappa shape index (κ2) is 3.62. The summed E-state index contributed by atoms with van der Waals surface area (Å²) in [5, 5.41) is 3.39. The predicted octanol–water partition coefficient (Wildman–Crippen LogP) is 1.61. The Hall–Kier alpha value is -0.770. The van der Waals surface area contributed by atoms with Crippen molar-refractivity contribution in [2.75, 3.05) is 19.6 Å². The predicted molar refractivity (Wildman–Crippen MR) is 62.3 cm³/mol. The highest BCUT2D eigenvalue weighted by molar-refractivity contribution is 5.68.